The Balaban J connectivity index is 2.11. The van der Waals surface area contributed by atoms with E-state index in [1.807, 2.05) is 0 Å². The van der Waals surface area contributed by atoms with Gasteiger partial charge in [-0.25, -0.2) is 5.32 Å². The van der Waals surface area contributed by atoms with Gasteiger partial charge in [0.25, 0.3) is 0 Å². The predicted octanol–water partition coefficient (Wildman–Crippen LogP) is 0.172. The van der Waals surface area contributed by atoms with Crippen molar-refractivity contribution in [3.63, 3.8) is 0 Å². The van der Waals surface area contributed by atoms with Gasteiger partial charge in [0.05, 0.1) is 0 Å². The highest BCUT2D eigenvalue weighted by molar-refractivity contribution is 4.71. The monoisotopic (exact) mass is 127 g/mol. The summed E-state index contributed by atoms with van der Waals surface area (Å²) < 4.78 is 0. The lowest BCUT2D eigenvalue weighted by atomic mass is 10.1. The first kappa shape index (κ1) is 7.03. The Labute approximate surface area is 57.2 Å². The number of hydrogen-bond donors (Lipinski definition) is 0. The van der Waals surface area contributed by atoms with Crippen LogP contribution in [0.25, 0.3) is 0 Å². The summed E-state index contributed by atoms with van der Waals surface area (Å²) in [5, 5.41) is 4.29. The minimum Gasteiger partial charge on any atom is -0.309 e. The van der Waals surface area contributed by atoms with E-state index in [1.54, 1.807) is 0 Å². The molecule has 0 aromatic carbocycles. The summed E-state index contributed by atoms with van der Waals surface area (Å²) in [5.74, 6) is 0.847. The Morgan fingerprint density at radius 3 is 2.78 bits per heavy atom. The van der Waals surface area contributed by atoms with Gasteiger partial charge in [-0.1, -0.05) is 0 Å². The number of hydrogen-bond acceptors (Lipinski definition) is 1. The summed E-state index contributed by atoms with van der Waals surface area (Å²) in [5.41, 5.74) is 0. The van der Waals surface area contributed by atoms with Crippen LogP contribution in [0.1, 0.15) is 6.42 Å². The van der Waals surface area contributed by atoms with E-state index in [1.165, 1.54) is 13.0 Å². The molecule has 0 N–H and O–H groups in total. The Morgan fingerprint density at radius 1 is 1.56 bits per heavy atom. The number of rotatable bonds is 2. The van der Waals surface area contributed by atoms with E-state index in [9.17, 15) is 0 Å². The average molecular weight is 127 g/mol. The van der Waals surface area contributed by atoms with E-state index in [4.69, 9.17) is 0 Å². The van der Waals surface area contributed by atoms with E-state index < -0.39 is 0 Å². The van der Waals surface area contributed by atoms with Gasteiger partial charge < -0.3 is 4.90 Å². The maximum absolute atomic E-state index is 4.29. The van der Waals surface area contributed by atoms with Crippen molar-refractivity contribution in [1.29, 1.82) is 0 Å². The third-order valence-electron chi connectivity index (χ3n) is 1.71. The third kappa shape index (κ3) is 2.33. The Morgan fingerprint density at radius 2 is 2.33 bits per heavy atom. The van der Waals surface area contributed by atoms with Crippen LogP contribution in [0, 0.1) is 5.92 Å². The van der Waals surface area contributed by atoms with Crippen LogP contribution < -0.4 is 5.32 Å². The minimum absolute atomic E-state index is 0.847. The van der Waals surface area contributed by atoms with Crippen molar-refractivity contribution in [3.05, 3.63) is 0 Å². The molecule has 1 unspecified atom stereocenters. The second kappa shape index (κ2) is 3.18. The van der Waals surface area contributed by atoms with Crippen molar-refractivity contribution >= 4 is 0 Å². The standard InChI is InChI=1S/C7H15N2/c1-9(2)6-7-3-4-8-5-7/h7H,3-6H2,1-2H3. The van der Waals surface area contributed by atoms with Gasteiger partial charge in [0, 0.05) is 19.6 Å². The van der Waals surface area contributed by atoms with Crippen LogP contribution in [0.2, 0.25) is 0 Å². The molecule has 0 aromatic rings. The van der Waals surface area contributed by atoms with Crippen LogP contribution in [-0.4, -0.2) is 38.6 Å². The van der Waals surface area contributed by atoms with Crippen LogP contribution in [0.15, 0.2) is 0 Å². The highest BCUT2D eigenvalue weighted by Gasteiger charge is 2.15. The lowest BCUT2D eigenvalue weighted by Gasteiger charge is -2.13. The van der Waals surface area contributed by atoms with Gasteiger partial charge in [-0.05, 0) is 26.4 Å². The molecule has 0 saturated carbocycles. The summed E-state index contributed by atoms with van der Waals surface area (Å²) in [6, 6.07) is 0. The van der Waals surface area contributed by atoms with E-state index in [-0.39, 0.29) is 0 Å². The molecule has 1 aliphatic heterocycles. The van der Waals surface area contributed by atoms with E-state index >= 15 is 0 Å². The fraction of sp³-hybridized carbons (Fsp3) is 1.00. The lowest BCUT2D eigenvalue weighted by Crippen LogP contribution is -2.22. The fourth-order valence-corrected chi connectivity index (χ4v) is 1.30. The first-order chi connectivity index (χ1) is 4.29. The summed E-state index contributed by atoms with van der Waals surface area (Å²) in [7, 11) is 4.25. The molecule has 0 aliphatic carbocycles. The molecule has 9 heavy (non-hydrogen) atoms. The normalized spacial score (nSPS) is 27.7. The molecule has 1 heterocycles. The Kier molecular flexibility index (Phi) is 2.49. The first-order valence-electron chi connectivity index (χ1n) is 3.57. The minimum atomic E-state index is 0.847. The van der Waals surface area contributed by atoms with Crippen LogP contribution in [-0.2, 0) is 0 Å². The molecule has 1 radical (unpaired) electrons. The number of nitrogens with zero attached hydrogens (tertiary/aromatic N) is 2. The molecular formula is C7H15N2. The highest BCUT2D eigenvalue weighted by atomic mass is 15.1. The molecule has 53 valence electrons. The van der Waals surface area contributed by atoms with Crippen molar-refractivity contribution < 1.29 is 0 Å². The Bertz CT molecular complexity index is 75.0. The van der Waals surface area contributed by atoms with Crippen molar-refractivity contribution in [2.24, 2.45) is 5.92 Å². The van der Waals surface area contributed by atoms with Crippen LogP contribution >= 0.6 is 0 Å². The van der Waals surface area contributed by atoms with Crippen LogP contribution in [0.4, 0.5) is 0 Å². The zero-order chi connectivity index (χ0) is 6.69. The fourth-order valence-electron chi connectivity index (χ4n) is 1.30. The molecule has 1 aliphatic rings. The van der Waals surface area contributed by atoms with Crippen LogP contribution in [0.3, 0.4) is 0 Å². The van der Waals surface area contributed by atoms with Crippen molar-refractivity contribution in [3.8, 4) is 0 Å². The SMILES string of the molecule is CN(C)CC1CC[N]C1. The molecule has 2 nitrogen and oxygen atoms in total. The second-order valence-corrected chi connectivity index (χ2v) is 3.05. The summed E-state index contributed by atoms with van der Waals surface area (Å²) in [6.07, 6.45) is 1.30. The molecule has 0 spiro atoms. The zero-order valence-corrected chi connectivity index (χ0v) is 6.30. The van der Waals surface area contributed by atoms with E-state index in [2.05, 4.69) is 24.3 Å². The Hall–Kier alpha value is -0.0800. The van der Waals surface area contributed by atoms with Gasteiger partial charge in [0.15, 0.2) is 0 Å². The molecule has 1 fully saturated rings. The van der Waals surface area contributed by atoms with Gasteiger partial charge in [0.1, 0.15) is 0 Å². The molecule has 1 atom stereocenters. The van der Waals surface area contributed by atoms with Gasteiger partial charge in [0.2, 0.25) is 0 Å². The highest BCUT2D eigenvalue weighted by Crippen LogP contribution is 2.08. The van der Waals surface area contributed by atoms with Gasteiger partial charge in [-0.2, -0.15) is 0 Å². The van der Waals surface area contributed by atoms with E-state index in [0.29, 0.717) is 0 Å². The summed E-state index contributed by atoms with van der Waals surface area (Å²) in [4.78, 5) is 2.24. The molecule has 0 amide bonds. The molecule has 2 heteroatoms. The maximum Gasteiger partial charge on any atom is 0.0174 e. The third-order valence-corrected chi connectivity index (χ3v) is 1.71. The largest absolute Gasteiger partial charge is 0.309 e. The quantitative estimate of drug-likeness (QED) is 0.517. The van der Waals surface area contributed by atoms with E-state index in [0.717, 1.165) is 19.0 Å². The van der Waals surface area contributed by atoms with Gasteiger partial charge in [-0.3, -0.25) is 0 Å². The predicted molar refractivity (Wildman–Crippen MR) is 38.5 cm³/mol. The molecule has 1 rings (SSSR count). The second-order valence-electron chi connectivity index (χ2n) is 3.05. The summed E-state index contributed by atoms with van der Waals surface area (Å²) in [6.45, 7) is 3.40. The molecule has 1 saturated heterocycles. The van der Waals surface area contributed by atoms with Crippen molar-refractivity contribution in [2.75, 3.05) is 33.7 Å². The summed E-state index contributed by atoms with van der Waals surface area (Å²) >= 11 is 0. The van der Waals surface area contributed by atoms with Crippen molar-refractivity contribution in [1.82, 2.24) is 10.2 Å². The maximum atomic E-state index is 4.29. The first-order valence-corrected chi connectivity index (χ1v) is 3.57. The topological polar surface area (TPSA) is 17.3 Å². The van der Waals surface area contributed by atoms with Crippen molar-refractivity contribution in [2.45, 2.75) is 6.42 Å². The van der Waals surface area contributed by atoms with Gasteiger partial charge in [-0.15, -0.1) is 0 Å². The zero-order valence-electron chi connectivity index (χ0n) is 6.30. The molecule has 0 aromatic heterocycles. The van der Waals surface area contributed by atoms with Gasteiger partial charge >= 0.3 is 0 Å². The smallest absolute Gasteiger partial charge is 0.0174 e. The molecular weight excluding hydrogens is 112 g/mol. The lowest BCUT2D eigenvalue weighted by molar-refractivity contribution is 0.338. The molecule has 0 bridgehead atoms. The average Bonchev–Trinajstić information content (AvgIpc) is 2.15. The van der Waals surface area contributed by atoms with Crippen LogP contribution in [0.5, 0.6) is 0 Å².